The van der Waals surface area contributed by atoms with Gasteiger partial charge in [0.2, 0.25) is 5.91 Å². The molecule has 0 bridgehead atoms. The van der Waals surface area contributed by atoms with Crippen LogP contribution < -0.4 is 11.1 Å². The first-order valence-electron chi connectivity index (χ1n) is 14.2. The van der Waals surface area contributed by atoms with Gasteiger partial charge in [-0.1, -0.05) is 12.1 Å². The van der Waals surface area contributed by atoms with E-state index < -0.39 is 47.9 Å². The van der Waals surface area contributed by atoms with Gasteiger partial charge < -0.3 is 20.4 Å². The van der Waals surface area contributed by atoms with E-state index in [1.54, 1.807) is 24.4 Å². The zero-order valence-corrected chi connectivity index (χ0v) is 24.1. The molecule has 8 nitrogen and oxygen atoms in total. The van der Waals surface area contributed by atoms with Gasteiger partial charge in [0.1, 0.15) is 17.2 Å². The zero-order valence-electron chi connectivity index (χ0n) is 24.1. The third-order valence-electron chi connectivity index (χ3n) is 7.69. The average molecular weight is 636 g/mol. The summed E-state index contributed by atoms with van der Waals surface area (Å²) in [5, 5.41) is 4.49. The molecular formula is C33H26F5N5O3. The Bertz CT molecular complexity index is 1980. The number of anilines is 1. The van der Waals surface area contributed by atoms with E-state index in [9.17, 15) is 31.5 Å². The molecule has 13 heteroatoms. The standard InChI is InChI=1S/C33H26F5N5O3/c34-32(35)7-9-43(10-8-32)31(45)21-4-5-27(40-16-21)22-12-23-13-25(46-30(23)26(14-22)33(36,37)38)18-42-29(44)6-2-19-1-3-20-15-28(39)41-17-24(20)11-19/h1-6,11-17H,7-10,18H2,(H2,39,41)(H,42,44)/b6-2+. The van der Waals surface area contributed by atoms with Crippen LogP contribution in [0.5, 0.6) is 0 Å². The highest BCUT2D eigenvalue weighted by atomic mass is 19.4. The molecule has 0 atom stereocenters. The van der Waals surface area contributed by atoms with Crippen LogP contribution in [-0.2, 0) is 17.5 Å². The number of benzene rings is 2. The molecule has 2 amide bonds. The van der Waals surface area contributed by atoms with Crippen molar-refractivity contribution in [1.29, 1.82) is 0 Å². The minimum absolute atomic E-state index is 0.0998. The van der Waals surface area contributed by atoms with Gasteiger partial charge in [-0.05, 0) is 59.5 Å². The first kappa shape index (κ1) is 30.7. The second kappa shape index (κ2) is 11.9. The van der Waals surface area contributed by atoms with Crippen molar-refractivity contribution < 1.29 is 36.0 Å². The summed E-state index contributed by atoms with van der Waals surface area (Å²) in [4.78, 5) is 34.8. The van der Waals surface area contributed by atoms with Crippen LogP contribution in [0.25, 0.3) is 39.1 Å². The predicted molar refractivity (Wildman–Crippen MR) is 162 cm³/mol. The monoisotopic (exact) mass is 635 g/mol. The molecule has 1 saturated heterocycles. The Labute approximate surface area is 258 Å². The van der Waals surface area contributed by atoms with E-state index in [0.717, 1.165) is 22.4 Å². The smallest absolute Gasteiger partial charge is 0.420 e. The summed E-state index contributed by atoms with van der Waals surface area (Å²) in [6, 6.07) is 13.8. The van der Waals surface area contributed by atoms with Crippen molar-refractivity contribution >= 4 is 45.4 Å². The SMILES string of the molecule is Nc1cc2ccc(/C=C/C(=O)NCc3cc4cc(-c5ccc(C(=O)N6CCC(F)(F)CC6)cn5)cc(C(F)(F)F)c4o3)cc2cn1. The number of halogens is 5. The second-order valence-corrected chi connectivity index (χ2v) is 11.0. The Balaban J connectivity index is 1.17. The number of fused-ring (bicyclic) bond motifs is 2. The number of amides is 2. The second-order valence-electron chi connectivity index (χ2n) is 11.0. The van der Waals surface area contributed by atoms with E-state index in [2.05, 4.69) is 15.3 Å². The van der Waals surface area contributed by atoms with Gasteiger partial charge in [-0.25, -0.2) is 13.8 Å². The summed E-state index contributed by atoms with van der Waals surface area (Å²) in [7, 11) is 0. The van der Waals surface area contributed by atoms with Gasteiger partial charge in [0.15, 0.2) is 0 Å². The highest BCUT2D eigenvalue weighted by Gasteiger charge is 2.37. The molecule has 0 unspecified atom stereocenters. The van der Waals surface area contributed by atoms with Crippen LogP contribution in [0.3, 0.4) is 0 Å². The molecule has 1 aliphatic rings. The number of carbonyl (C=O) groups is 2. The molecule has 6 rings (SSSR count). The number of alkyl halides is 5. The normalized spacial score (nSPS) is 15.1. The maximum absolute atomic E-state index is 14.1. The first-order valence-corrected chi connectivity index (χ1v) is 14.2. The van der Waals surface area contributed by atoms with Crippen LogP contribution >= 0.6 is 0 Å². The third kappa shape index (κ3) is 6.67. The number of pyridine rings is 2. The molecule has 3 aromatic heterocycles. The van der Waals surface area contributed by atoms with Gasteiger partial charge in [0.25, 0.3) is 11.8 Å². The summed E-state index contributed by atoms with van der Waals surface area (Å²) in [5.41, 5.74) is 5.46. The summed E-state index contributed by atoms with van der Waals surface area (Å²) >= 11 is 0. The number of likely N-dealkylation sites (tertiary alicyclic amines) is 1. The van der Waals surface area contributed by atoms with Crippen LogP contribution in [0.1, 0.15) is 40.1 Å². The Kier molecular flexibility index (Phi) is 7.92. The topological polar surface area (TPSA) is 114 Å². The van der Waals surface area contributed by atoms with Crippen LogP contribution in [0.15, 0.2) is 77.5 Å². The van der Waals surface area contributed by atoms with Gasteiger partial charge in [-0.2, -0.15) is 13.2 Å². The van der Waals surface area contributed by atoms with Crippen molar-refractivity contribution in [3.05, 3.63) is 95.5 Å². The third-order valence-corrected chi connectivity index (χ3v) is 7.69. The summed E-state index contributed by atoms with van der Waals surface area (Å²) in [6.07, 6.45) is 0.109. The molecule has 5 aromatic rings. The van der Waals surface area contributed by atoms with E-state index in [1.165, 1.54) is 41.4 Å². The van der Waals surface area contributed by atoms with E-state index in [0.29, 0.717) is 5.82 Å². The lowest BCUT2D eigenvalue weighted by molar-refractivity contribution is -0.136. The summed E-state index contributed by atoms with van der Waals surface area (Å²) in [5.74, 6) is -3.26. The van der Waals surface area contributed by atoms with Crippen LogP contribution in [0.4, 0.5) is 27.8 Å². The molecule has 1 fully saturated rings. The minimum Gasteiger partial charge on any atom is -0.459 e. The predicted octanol–water partition coefficient (Wildman–Crippen LogP) is 6.84. The number of furan rings is 1. The number of nitrogens with zero attached hydrogens (tertiary/aromatic N) is 3. The van der Waals surface area contributed by atoms with Gasteiger partial charge in [0.05, 0.1) is 23.4 Å². The fourth-order valence-corrected chi connectivity index (χ4v) is 5.25. The van der Waals surface area contributed by atoms with Crippen molar-refractivity contribution in [2.45, 2.75) is 31.5 Å². The molecule has 3 N–H and O–H groups in total. The van der Waals surface area contributed by atoms with Crippen molar-refractivity contribution in [3.63, 3.8) is 0 Å². The molecule has 4 heterocycles. The lowest BCUT2D eigenvalue weighted by Crippen LogP contribution is -2.42. The van der Waals surface area contributed by atoms with Gasteiger partial charge in [-0.15, -0.1) is 0 Å². The Hall–Kier alpha value is -5.33. The number of piperidine rings is 1. The highest BCUT2D eigenvalue weighted by Crippen LogP contribution is 2.39. The van der Waals surface area contributed by atoms with E-state index in [4.69, 9.17) is 10.2 Å². The molecule has 0 radical (unpaired) electrons. The van der Waals surface area contributed by atoms with Gasteiger partial charge >= 0.3 is 6.18 Å². The van der Waals surface area contributed by atoms with Crippen molar-refractivity contribution in [2.75, 3.05) is 18.8 Å². The van der Waals surface area contributed by atoms with Crippen molar-refractivity contribution in [3.8, 4) is 11.3 Å². The summed E-state index contributed by atoms with van der Waals surface area (Å²) in [6.45, 7) is -0.363. The number of hydrogen-bond donors (Lipinski definition) is 2. The van der Waals surface area contributed by atoms with Crippen molar-refractivity contribution in [1.82, 2.24) is 20.2 Å². The molecule has 2 aromatic carbocycles. The van der Waals surface area contributed by atoms with Crippen LogP contribution in [0.2, 0.25) is 0 Å². The number of nitrogens with two attached hydrogens (primary N) is 1. The number of nitrogens with one attached hydrogen (secondary N) is 1. The molecule has 0 spiro atoms. The van der Waals surface area contributed by atoms with Gasteiger partial charge in [0, 0.05) is 60.7 Å². The number of nitrogen functional groups attached to an aromatic ring is 1. The van der Waals surface area contributed by atoms with Gasteiger partial charge in [-0.3, -0.25) is 14.6 Å². The number of aromatic nitrogens is 2. The molecule has 46 heavy (non-hydrogen) atoms. The van der Waals surface area contributed by atoms with E-state index in [1.807, 2.05) is 12.1 Å². The first-order chi connectivity index (χ1) is 21.8. The number of hydrogen-bond acceptors (Lipinski definition) is 6. The molecular weight excluding hydrogens is 609 g/mol. The van der Waals surface area contributed by atoms with E-state index in [-0.39, 0.29) is 47.6 Å². The number of rotatable bonds is 6. The molecule has 0 aliphatic carbocycles. The van der Waals surface area contributed by atoms with Crippen LogP contribution in [-0.4, -0.2) is 45.7 Å². The zero-order chi connectivity index (χ0) is 32.6. The van der Waals surface area contributed by atoms with Crippen molar-refractivity contribution in [2.24, 2.45) is 0 Å². The fourth-order valence-electron chi connectivity index (χ4n) is 5.25. The van der Waals surface area contributed by atoms with Crippen LogP contribution in [0, 0.1) is 0 Å². The average Bonchev–Trinajstić information content (AvgIpc) is 3.44. The van der Waals surface area contributed by atoms with E-state index >= 15 is 0 Å². The maximum Gasteiger partial charge on any atom is 0.420 e. The highest BCUT2D eigenvalue weighted by molar-refractivity contribution is 5.95. The molecule has 236 valence electrons. The Morgan fingerprint density at radius 1 is 0.957 bits per heavy atom. The Morgan fingerprint density at radius 3 is 2.46 bits per heavy atom. The lowest BCUT2D eigenvalue weighted by Gasteiger charge is -2.31. The molecule has 1 aliphatic heterocycles. The quantitative estimate of drug-likeness (QED) is 0.156. The molecule has 0 saturated carbocycles. The fraction of sp³-hybridized carbons (Fsp3) is 0.212. The largest absolute Gasteiger partial charge is 0.459 e. The lowest BCUT2D eigenvalue weighted by atomic mass is 10.0. The number of carbonyl (C=O) groups excluding carboxylic acids is 2. The minimum atomic E-state index is -4.76. The summed E-state index contributed by atoms with van der Waals surface area (Å²) < 4.78 is 74.7. The maximum atomic E-state index is 14.1. The Morgan fingerprint density at radius 2 is 1.74 bits per heavy atom.